The number of anilines is 2. The Morgan fingerprint density at radius 1 is 1.04 bits per heavy atom. The number of pyridine rings is 1. The van der Waals surface area contributed by atoms with Crippen molar-refractivity contribution in [1.29, 1.82) is 0 Å². The molecule has 1 fully saturated rings. The summed E-state index contributed by atoms with van der Waals surface area (Å²) >= 11 is 6.20. The largest absolute Gasteiger partial charge is 0.573 e. The normalized spacial score (nSPS) is 13.2. The van der Waals surface area contributed by atoms with Gasteiger partial charge in [-0.15, -0.1) is 13.2 Å². The van der Waals surface area contributed by atoms with Crippen molar-refractivity contribution in [1.82, 2.24) is 25.0 Å². The fraction of sp³-hybridized carbons (Fsp3) is 0.265. The number of likely N-dealkylation sites (tertiary alicyclic amines) is 1. The predicted octanol–water partition coefficient (Wildman–Crippen LogP) is 6.66. The van der Waals surface area contributed by atoms with Crippen molar-refractivity contribution < 1.29 is 27.5 Å². The van der Waals surface area contributed by atoms with Crippen molar-refractivity contribution in [2.24, 2.45) is 0 Å². The molecule has 0 unspecified atom stereocenters. The second-order valence-corrected chi connectivity index (χ2v) is 11.5. The lowest BCUT2D eigenvalue weighted by Gasteiger charge is -2.16. The van der Waals surface area contributed by atoms with Gasteiger partial charge in [-0.3, -0.25) is 14.6 Å². The smallest absolute Gasteiger partial charge is 0.406 e. The van der Waals surface area contributed by atoms with E-state index in [1.807, 2.05) is 0 Å². The Hall–Kier alpha value is -5.21. The van der Waals surface area contributed by atoms with E-state index in [0.717, 1.165) is 36.7 Å². The van der Waals surface area contributed by atoms with Gasteiger partial charge in [-0.2, -0.15) is 5.10 Å². The van der Waals surface area contributed by atoms with Gasteiger partial charge in [-0.05, 0) is 74.3 Å². The average Bonchev–Trinajstić information content (AvgIpc) is 3.59. The molecule has 4 aromatic rings. The zero-order valence-electron chi connectivity index (χ0n) is 26.4. The van der Waals surface area contributed by atoms with E-state index >= 15 is 0 Å². The van der Waals surface area contributed by atoms with Gasteiger partial charge in [0.25, 0.3) is 11.5 Å². The van der Waals surface area contributed by atoms with Crippen LogP contribution in [0.4, 0.5) is 29.3 Å². The third-order valence-corrected chi connectivity index (χ3v) is 8.00. The van der Waals surface area contributed by atoms with Crippen LogP contribution in [0, 0.1) is 0 Å². The summed E-state index contributed by atoms with van der Waals surface area (Å²) in [7, 11) is 0. The minimum absolute atomic E-state index is 0.00681. The summed E-state index contributed by atoms with van der Waals surface area (Å²) in [5, 5.41) is 12.5. The van der Waals surface area contributed by atoms with Crippen LogP contribution in [0.25, 0.3) is 28.5 Å². The molecule has 3 heterocycles. The molecule has 0 radical (unpaired) electrons. The van der Waals surface area contributed by atoms with E-state index in [9.17, 15) is 27.6 Å². The molecule has 256 valence electrons. The topological polar surface area (TPSA) is 130 Å². The Balaban J connectivity index is 1.44. The highest BCUT2D eigenvalue weighted by Gasteiger charge is 2.31. The number of urea groups is 1. The number of nitrogens with zero attached hydrogens (tertiary/aromatic N) is 4. The van der Waals surface area contributed by atoms with E-state index in [-0.39, 0.29) is 39.8 Å². The maximum Gasteiger partial charge on any atom is 0.573 e. The lowest BCUT2D eigenvalue weighted by molar-refractivity contribution is -0.274. The van der Waals surface area contributed by atoms with Gasteiger partial charge in [0, 0.05) is 48.7 Å². The maximum absolute atomic E-state index is 13.3. The first kappa shape index (κ1) is 35.1. The summed E-state index contributed by atoms with van der Waals surface area (Å²) in [5.74, 6) is -1.09. The molecule has 11 nitrogen and oxygen atoms in total. The second-order valence-electron chi connectivity index (χ2n) is 11.1. The molecule has 49 heavy (non-hydrogen) atoms. The van der Waals surface area contributed by atoms with Crippen molar-refractivity contribution in [3.05, 3.63) is 94.0 Å². The van der Waals surface area contributed by atoms with Crippen LogP contribution in [0.5, 0.6) is 5.75 Å². The Bertz CT molecular complexity index is 1930. The molecule has 1 saturated heterocycles. The van der Waals surface area contributed by atoms with Crippen LogP contribution in [0.1, 0.15) is 35.7 Å². The van der Waals surface area contributed by atoms with E-state index in [0.29, 0.717) is 29.8 Å². The van der Waals surface area contributed by atoms with Crippen LogP contribution in [-0.2, 0) is 6.54 Å². The number of ether oxygens (including phenoxy) is 1. The molecule has 1 aliphatic heterocycles. The van der Waals surface area contributed by atoms with Crippen LogP contribution in [-0.4, -0.2) is 64.1 Å². The summed E-state index contributed by atoms with van der Waals surface area (Å²) in [6.07, 6.45) is 1.48. The first-order chi connectivity index (χ1) is 23.4. The Morgan fingerprint density at radius 3 is 2.51 bits per heavy atom. The van der Waals surface area contributed by atoms with E-state index < -0.39 is 29.6 Å². The number of aryl methyl sites for hydroxylation is 1. The van der Waals surface area contributed by atoms with Crippen molar-refractivity contribution in [3.8, 4) is 28.1 Å². The van der Waals surface area contributed by atoms with E-state index in [1.54, 1.807) is 31.2 Å². The highest BCUT2D eigenvalue weighted by Crippen LogP contribution is 2.32. The summed E-state index contributed by atoms with van der Waals surface area (Å²) in [5.41, 5.74) is 1.54. The molecule has 2 aromatic heterocycles. The zero-order valence-corrected chi connectivity index (χ0v) is 27.2. The summed E-state index contributed by atoms with van der Waals surface area (Å²) in [6, 6.07) is 11.0. The van der Waals surface area contributed by atoms with Gasteiger partial charge < -0.3 is 25.6 Å². The lowest BCUT2D eigenvalue weighted by Crippen LogP contribution is -2.33. The molecule has 2 aromatic carbocycles. The SMILES string of the molecule is C=Cc1cncc(Cl)c1NC(=O)Nc1cc(-c2cccc(-c3cc(OC(F)(F)F)cc(C(=O)NCCN4CCCC4)c3)c2)nn(CC)c1=O. The van der Waals surface area contributed by atoms with Crippen LogP contribution < -0.4 is 26.2 Å². The van der Waals surface area contributed by atoms with Gasteiger partial charge in [0.1, 0.15) is 11.4 Å². The first-order valence-corrected chi connectivity index (χ1v) is 15.8. The van der Waals surface area contributed by atoms with Crippen LogP contribution in [0.3, 0.4) is 0 Å². The standard InChI is InChI=1S/C34H33ClF3N7O4/c1-3-21-19-39-20-27(35)30(21)42-33(48)41-29-18-28(43-45(4-2)32(29)47)23-9-7-8-22(14-23)24-15-25(17-26(16-24)49-34(36,37)38)31(46)40-10-13-44-11-5-6-12-44/h3,7-9,14-20H,1,4-6,10-13H2,2H3,(H,40,46)(H2,39,41,42,48). The molecule has 0 aliphatic carbocycles. The highest BCUT2D eigenvalue weighted by atomic mass is 35.5. The number of aromatic nitrogens is 3. The van der Waals surface area contributed by atoms with Gasteiger partial charge in [-0.25, -0.2) is 9.48 Å². The van der Waals surface area contributed by atoms with E-state index in [2.05, 4.69) is 42.2 Å². The summed E-state index contributed by atoms with van der Waals surface area (Å²) < 4.78 is 45.2. The third-order valence-electron chi connectivity index (χ3n) is 7.72. The average molecular weight is 696 g/mol. The monoisotopic (exact) mass is 695 g/mol. The second kappa shape index (κ2) is 15.3. The number of amides is 3. The zero-order chi connectivity index (χ0) is 35.1. The number of benzene rings is 2. The third kappa shape index (κ3) is 9.03. The van der Waals surface area contributed by atoms with Crippen molar-refractivity contribution in [2.45, 2.75) is 32.7 Å². The van der Waals surface area contributed by atoms with Gasteiger partial charge in [-0.1, -0.05) is 42.5 Å². The number of alkyl halides is 3. The van der Waals surface area contributed by atoms with Gasteiger partial charge >= 0.3 is 12.4 Å². The highest BCUT2D eigenvalue weighted by molar-refractivity contribution is 6.34. The number of nitrogens with one attached hydrogen (secondary N) is 3. The Labute approximate surface area is 284 Å². The van der Waals surface area contributed by atoms with Crippen molar-refractivity contribution >= 4 is 41.0 Å². The number of hydrogen-bond acceptors (Lipinski definition) is 7. The number of hydrogen-bond donors (Lipinski definition) is 3. The molecule has 0 saturated carbocycles. The molecule has 1 aliphatic rings. The summed E-state index contributed by atoms with van der Waals surface area (Å²) in [6.45, 7) is 8.42. The minimum Gasteiger partial charge on any atom is -0.406 e. The predicted molar refractivity (Wildman–Crippen MR) is 182 cm³/mol. The molecule has 0 spiro atoms. The fourth-order valence-electron chi connectivity index (χ4n) is 5.37. The van der Waals surface area contributed by atoms with Crippen LogP contribution in [0.2, 0.25) is 5.02 Å². The Kier molecular flexibility index (Phi) is 11.0. The fourth-order valence-corrected chi connectivity index (χ4v) is 5.59. The number of carbonyl (C=O) groups is 2. The number of rotatable bonds is 11. The van der Waals surface area contributed by atoms with Crippen molar-refractivity contribution in [3.63, 3.8) is 0 Å². The quantitative estimate of drug-likeness (QED) is 0.160. The van der Waals surface area contributed by atoms with E-state index in [1.165, 1.54) is 36.7 Å². The maximum atomic E-state index is 13.3. The molecule has 5 rings (SSSR count). The molecule has 15 heteroatoms. The van der Waals surface area contributed by atoms with Gasteiger partial charge in [0.15, 0.2) is 0 Å². The number of halogens is 4. The molecular formula is C34H33ClF3N7O4. The molecule has 0 atom stereocenters. The van der Waals surface area contributed by atoms with Crippen LogP contribution in [0.15, 0.2) is 72.3 Å². The molecule has 3 amide bonds. The van der Waals surface area contributed by atoms with Crippen molar-refractivity contribution in [2.75, 3.05) is 36.8 Å². The lowest BCUT2D eigenvalue weighted by atomic mass is 9.99. The van der Waals surface area contributed by atoms with Crippen LogP contribution >= 0.6 is 11.6 Å². The summed E-state index contributed by atoms with van der Waals surface area (Å²) in [4.78, 5) is 45.3. The first-order valence-electron chi connectivity index (χ1n) is 15.4. The van der Waals surface area contributed by atoms with E-state index in [4.69, 9.17) is 11.6 Å². The molecular weight excluding hydrogens is 663 g/mol. The Morgan fingerprint density at radius 2 is 1.80 bits per heavy atom. The molecule has 3 N–H and O–H groups in total. The van der Waals surface area contributed by atoms with Gasteiger partial charge in [0.2, 0.25) is 0 Å². The number of carbonyl (C=O) groups excluding carboxylic acids is 2. The molecule has 0 bridgehead atoms. The minimum atomic E-state index is -4.98. The van der Waals surface area contributed by atoms with Gasteiger partial charge in [0.05, 0.1) is 16.4 Å².